The highest BCUT2D eigenvalue weighted by Gasteiger charge is 2.50. The molecule has 286 valence electrons. The van der Waals surface area contributed by atoms with Gasteiger partial charge in [-0.15, -0.1) is 0 Å². The maximum Gasteiger partial charge on any atom is 0.0735 e. The first-order chi connectivity index (χ1) is 30.2. The molecular formula is C59H39NS. The minimum absolute atomic E-state index is 0.372. The zero-order valence-corrected chi connectivity index (χ0v) is 34.2. The van der Waals surface area contributed by atoms with Crippen LogP contribution in [0.3, 0.4) is 0 Å². The molecule has 1 aliphatic heterocycles. The van der Waals surface area contributed by atoms with Crippen molar-refractivity contribution in [1.29, 1.82) is 0 Å². The van der Waals surface area contributed by atoms with Crippen molar-refractivity contribution in [2.45, 2.75) is 15.2 Å². The molecule has 1 aliphatic carbocycles. The summed E-state index contributed by atoms with van der Waals surface area (Å²) in [7, 11) is 0. The van der Waals surface area contributed by atoms with Crippen molar-refractivity contribution in [2.24, 2.45) is 0 Å². The van der Waals surface area contributed by atoms with Crippen molar-refractivity contribution < 1.29 is 0 Å². The normalized spacial score (nSPS) is 13.0. The second kappa shape index (κ2) is 14.4. The van der Waals surface area contributed by atoms with Gasteiger partial charge in [-0.25, -0.2) is 0 Å². The summed E-state index contributed by atoms with van der Waals surface area (Å²) in [4.78, 5) is 4.99. The van der Waals surface area contributed by atoms with Gasteiger partial charge >= 0.3 is 0 Å². The Kier molecular flexibility index (Phi) is 8.40. The summed E-state index contributed by atoms with van der Waals surface area (Å²) in [6, 6.07) is 87.0. The summed E-state index contributed by atoms with van der Waals surface area (Å²) < 4.78 is 0. The van der Waals surface area contributed by atoms with Gasteiger partial charge in [-0.3, -0.25) is 0 Å². The van der Waals surface area contributed by atoms with Crippen LogP contribution in [0, 0.1) is 0 Å². The molecular weight excluding hydrogens is 755 g/mol. The van der Waals surface area contributed by atoms with Gasteiger partial charge in [0.25, 0.3) is 0 Å². The average Bonchev–Trinajstić information content (AvgIpc) is 3.63. The summed E-state index contributed by atoms with van der Waals surface area (Å²) in [5.41, 5.74) is 18.3. The van der Waals surface area contributed by atoms with Crippen LogP contribution in [0.15, 0.2) is 246 Å². The minimum atomic E-state index is -0.372. The summed E-state index contributed by atoms with van der Waals surface area (Å²) in [6.07, 6.45) is 0. The Morgan fingerprint density at radius 2 is 0.705 bits per heavy atom. The Bertz CT molecular complexity index is 3110. The molecule has 0 amide bonds. The zero-order chi connectivity index (χ0) is 40.3. The van der Waals surface area contributed by atoms with Gasteiger partial charge in [0.05, 0.1) is 5.41 Å². The Morgan fingerprint density at radius 3 is 1.25 bits per heavy atom. The maximum atomic E-state index is 2.48. The third-order valence-corrected chi connectivity index (χ3v) is 13.9. The van der Waals surface area contributed by atoms with E-state index in [1.165, 1.54) is 87.3 Å². The number of hydrogen-bond acceptors (Lipinski definition) is 2. The quantitative estimate of drug-likeness (QED) is 0.165. The molecule has 10 aromatic rings. The van der Waals surface area contributed by atoms with E-state index in [4.69, 9.17) is 0 Å². The van der Waals surface area contributed by atoms with E-state index in [0.717, 1.165) is 17.1 Å². The molecule has 0 fully saturated rings. The number of fused-ring (bicyclic) bond motifs is 10. The molecule has 0 atom stereocenters. The molecule has 0 N–H and O–H groups in total. The summed E-state index contributed by atoms with van der Waals surface area (Å²) in [5.74, 6) is 0. The molecule has 10 aromatic carbocycles. The summed E-state index contributed by atoms with van der Waals surface area (Å²) in [5, 5.41) is 2.50. The first kappa shape index (κ1) is 35.5. The summed E-state index contributed by atoms with van der Waals surface area (Å²) >= 11 is 1.90. The number of nitrogens with zero attached hydrogens (tertiary/aromatic N) is 1. The predicted octanol–water partition coefficient (Wildman–Crippen LogP) is 16.1. The Labute approximate surface area is 361 Å². The van der Waals surface area contributed by atoms with Crippen LogP contribution in [0.4, 0.5) is 17.1 Å². The Hall–Kier alpha value is -7.39. The van der Waals surface area contributed by atoms with Crippen LogP contribution in [-0.4, -0.2) is 0 Å². The molecule has 12 rings (SSSR count). The van der Waals surface area contributed by atoms with Crippen LogP contribution in [-0.2, 0) is 5.41 Å². The topological polar surface area (TPSA) is 3.24 Å². The van der Waals surface area contributed by atoms with E-state index in [0.29, 0.717) is 0 Å². The van der Waals surface area contributed by atoms with E-state index in [-0.39, 0.29) is 5.41 Å². The van der Waals surface area contributed by atoms with Gasteiger partial charge in [0, 0.05) is 26.9 Å². The van der Waals surface area contributed by atoms with Crippen LogP contribution >= 0.6 is 11.8 Å². The fraction of sp³-hybridized carbons (Fsp3) is 0.0169. The molecule has 2 aliphatic rings. The standard InChI is InChI=1S/C59H39NS/c1-3-13-40(14-4-1)42-25-31-48(32-26-42)60(49-33-27-43(28-34-49)41-15-5-2-6-16-41)50-35-29-44(30-36-50)45-23-24-46-38-56-58(39-47(46)37-45)61-57-22-12-11-21-55(57)59(56)53-19-9-7-17-51(53)52-18-8-10-20-54(52)59/h1-39H. The zero-order valence-electron chi connectivity index (χ0n) is 33.4. The first-order valence-electron chi connectivity index (χ1n) is 21.0. The van der Waals surface area contributed by atoms with Crippen molar-refractivity contribution in [3.63, 3.8) is 0 Å². The second-order valence-electron chi connectivity index (χ2n) is 16.1. The van der Waals surface area contributed by atoms with Gasteiger partial charge in [0.1, 0.15) is 0 Å². The predicted molar refractivity (Wildman–Crippen MR) is 256 cm³/mol. The van der Waals surface area contributed by atoms with E-state index in [1.54, 1.807) is 0 Å². The number of rotatable bonds is 6. The van der Waals surface area contributed by atoms with Crippen LogP contribution in [0.2, 0.25) is 0 Å². The molecule has 0 saturated heterocycles. The lowest BCUT2D eigenvalue weighted by atomic mass is 9.67. The number of hydrogen-bond donors (Lipinski definition) is 0. The van der Waals surface area contributed by atoms with Gasteiger partial charge in [0.2, 0.25) is 0 Å². The third-order valence-electron chi connectivity index (χ3n) is 12.7. The highest BCUT2D eigenvalue weighted by molar-refractivity contribution is 7.99. The second-order valence-corrected chi connectivity index (χ2v) is 17.1. The number of anilines is 3. The first-order valence-corrected chi connectivity index (χ1v) is 21.8. The molecule has 2 heteroatoms. The van der Waals surface area contributed by atoms with Gasteiger partial charge in [-0.1, -0.05) is 188 Å². The maximum absolute atomic E-state index is 2.48. The lowest BCUT2D eigenvalue weighted by molar-refractivity contribution is 0.724. The number of benzene rings is 10. The van der Waals surface area contributed by atoms with E-state index < -0.39 is 0 Å². The smallest absolute Gasteiger partial charge is 0.0735 e. The molecule has 1 nitrogen and oxygen atoms in total. The van der Waals surface area contributed by atoms with E-state index in [9.17, 15) is 0 Å². The lowest BCUT2D eigenvalue weighted by Gasteiger charge is -2.40. The SMILES string of the molecule is c1ccc(-c2ccc(N(c3ccc(-c4ccccc4)cc3)c3ccc(-c4ccc5cc6c(cc5c4)Sc4ccccc4C64c5ccccc5-c5ccccc54)cc3)cc2)cc1. The van der Waals surface area contributed by atoms with Gasteiger partial charge in [0.15, 0.2) is 0 Å². The van der Waals surface area contributed by atoms with E-state index >= 15 is 0 Å². The van der Waals surface area contributed by atoms with Crippen LogP contribution in [0.5, 0.6) is 0 Å². The van der Waals surface area contributed by atoms with E-state index in [1.807, 2.05) is 11.8 Å². The van der Waals surface area contributed by atoms with Crippen molar-refractivity contribution in [1.82, 2.24) is 0 Å². The summed E-state index contributed by atoms with van der Waals surface area (Å²) in [6.45, 7) is 0. The Balaban J connectivity index is 0.929. The van der Waals surface area contributed by atoms with Gasteiger partial charge < -0.3 is 4.90 Å². The van der Waals surface area contributed by atoms with Crippen molar-refractivity contribution in [2.75, 3.05) is 4.90 Å². The fourth-order valence-electron chi connectivity index (χ4n) is 9.90. The van der Waals surface area contributed by atoms with Crippen LogP contribution in [0.25, 0.3) is 55.3 Å². The molecule has 1 heterocycles. The molecule has 0 unspecified atom stereocenters. The molecule has 0 saturated carbocycles. The van der Waals surface area contributed by atoms with E-state index in [2.05, 4.69) is 241 Å². The average molecular weight is 794 g/mol. The molecule has 1 spiro atoms. The van der Waals surface area contributed by atoms with Crippen LogP contribution in [0.1, 0.15) is 22.3 Å². The fourth-order valence-corrected chi connectivity index (χ4v) is 11.1. The highest BCUT2D eigenvalue weighted by Crippen LogP contribution is 2.62. The molecule has 0 radical (unpaired) electrons. The largest absolute Gasteiger partial charge is 0.311 e. The highest BCUT2D eigenvalue weighted by atomic mass is 32.2. The van der Waals surface area contributed by atoms with Crippen molar-refractivity contribution in [3.05, 3.63) is 259 Å². The van der Waals surface area contributed by atoms with Gasteiger partial charge in [-0.2, -0.15) is 0 Å². The lowest BCUT2D eigenvalue weighted by Crippen LogP contribution is -2.31. The molecule has 0 aromatic heterocycles. The van der Waals surface area contributed by atoms with Crippen LogP contribution < -0.4 is 4.90 Å². The monoisotopic (exact) mass is 793 g/mol. The third kappa shape index (κ3) is 5.79. The molecule has 0 bridgehead atoms. The van der Waals surface area contributed by atoms with Crippen molar-refractivity contribution in [3.8, 4) is 44.5 Å². The Morgan fingerprint density at radius 1 is 0.279 bits per heavy atom. The minimum Gasteiger partial charge on any atom is -0.311 e. The molecule has 61 heavy (non-hydrogen) atoms. The van der Waals surface area contributed by atoms with Gasteiger partial charge in [-0.05, 0) is 138 Å². The van der Waals surface area contributed by atoms with Crippen molar-refractivity contribution >= 4 is 39.6 Å².